The molecule has 0 aromatic heterocycles. The lowest BCUT2D eigenvalue weighted by Gasteiger charge is -2.33. The van der Waals surface area contributed by atoms with E-state index < -0.39 is 0 Å². The summed E-state index contributed by atoms with van der Waals surface area (Å²) in [7, 11) is 0. The topological polar surface area (TPSA) is 20.3 Å². The van der Waals surface area contributed by atoms with E-state index in [0.717, 1.165) is 24.9 Å². The molecule has 2 nitrogen and oxygen atoms in total. The number of amides is 1. The Bertz CT molecular complexity index is 242. The first kappa shape index (κ1) is 11.0. The number of nitrogens with zero attached hydrogens (tertiary/aromatic N) is 1. The Kier molecular flexibility index (Phi) is 2.78. The Morgan fingerprint density at radius 3 is 2.20 bits per heavy atom. The van der Waals surface area contributed by atoms with Crippen LogP contribution in [0.1, 0.15) is 46.5 Å². The van der Waals surface area contributed by atoms with Crippen molar-refractivity contribution >= 4 is 5.91 Å². The van der Waals surface area contributed by atoms with Gasteiger partial charge in [0, 0.05) is 19.5 Å². The minimum Gasteiger partial charge on any atom is -0.342 e. The second-order valence-electron chi connectivity index (χ2n) is 6.58. The maximum atomic E-state index is 12.1. The summed E-state index contributed by atoms with van der Waals surface area (Å²) in [5, 5.41) is 0. The van der Waals surface area contributed by atoms with Gasteiger partial charge in [0.2, 0.25) is 5.91 Å². The van der Waals surface area contributed by atoms with Crippen LogP contribution in [0.3, 0.4) is 0 Å². The second-order valence-corrected chi connectivity index (χ2v) is 6.58. The number of likely N-dealkylation sites (tertiary alicyclic amines) is 1. The van der Waals surface area contributed by atoms with Crippen molar-refractivity contribution in [2.45, 2.75) is 46.5 Å². The second kappa shape index (κ2) is 3.80. The Labute approximate surface area is 93.0 Å². The molecule has 2 atom stereocenters. The van der Waals surface area contributed by atoms with Gasteiger partial charge in [-0.15, -0.1) is 0 Å². The average Bonchev–Trinajstić information content (AvgIpc) is 2.42. The molecule has 2 aliphatic rings. The van der Waals surface area contributed by atoms with E-state index in [1.54, 1.807) is 0 Å². The van der Waals surface area contributed by atoms with Crippen LogP contribution >= 0.6 is 0 Å². The third-order valence-corrected chi connectivity index (χ3v) is 3.64. The highest BCUT2D eigenvalue weighted by Crippen LogP contribution is 2.37. The standard InChI is InChI=1S/C13H23NO/c1-13(2,3)7-12(15)14-8-10-4-5-11(6-10)9-14/h10-11H,4-9H2,1-3H3. The highest BCUT2D eigenvalue weighted by Gasteiger charge is 2.35. The summed E-state index contributed by atoms with van der Waals surface area (Å²) in [6, 6.07) is 0. The smallest absolute Gasteiger partial charge is 0.223 e. The van der Waals surface area contributed by atoms with Crippen LogP contribution in [-0.2, 0) is 4.79 Å². The van der Waals surface area contributed by atoms with Gasteiger partial charge in [-0.1, -0.05) is 20.8 Å². The predicted octanol–water partition coefficient (Wildman–Crippen LogP) is 2.68. The molecule has 2 unspecified atom stereocenters. The fourth-order valence-electron chi connectivity index (χ4n) is 2.98. The van der Waals surface area contributed by atoms with Gasteiger partial charge in [0.25, 0.3) is 0 Å². The van der Waals surface area contributed by atoms with Crippen molar-refractivity contribution in [1.82, 2.24) is 4.90 Å². The number of fused-ring (bicyclic) bond motifs is 2. The van der Waals surface area contributed by atoms with Crippen LogP contribution in [0, 0.1) is 17.3 Å². The first-order valence-electron chi connectivity index (χ1n) is 6.22. The van der Waals surface area contributed by atoms with Crippen LogP contribution < -0.4 is 0 Å². The number of hydrogen-bond donors (Lipinski definition) is 0. The third kappa shape index (κ3) is 2.73. The summed E-state index contributed by atoms with van der Waals surface area (Å²) < 4.78 is 0. The molecule has 15 heavy (non-hydrogen) atoms. The zero-order valence-corrected chi connectivity index (χ0v) is 10.3. The SMILES string of the molecule is CC(C)(C)CC(=O)N1CC2CCC(C2)C1. The van der Waals surface area contributed by atoms with Gasteiger partial charge in [0.05, 0.1) is 0 Å². The van der Waals surface area contributed by atoms with Crippen molar-refractivity contribution in [3.63, 3.8) is 0 Å². The van der Waals surface area contributed by atoms with E-state index in [9.17, 15) is 4.79 Å². The largest absolute Gasteiger partial charge is 0.342 e. The molecule has 1 amide bonds. The minimum absolute atomic E-state index is 0.133. The molecule has 0 spiro atoms. The summed E-state index contributed by atoms with van der Waals surface area (Å²) in [6.07, 6.45) is 4.78. The maximum Gasteiger partial charge on any atom is 0.223 e. The Hall–Kier alpha value is -0.530. The molecule has 1 saturated heterocycles. The molecule has 0 aromatic carbocycles. The van der Waals surface area contributed by atoms with Crippen molar-refractivity contribution < 1.29 is 4.79 Å². The van der Waals surface area contributed by atoms with Crippen molar-refractivity contribution in [3.05, 3.63) is 0 Å². The number of hydrogen-bond acceptors (Lipinski definition) is 1. The average molecular weight is 209 g/mol. The first-order chi connectivity index (χ1) is 6.94. The summed E-state index contributed by atoms with van der Waals surface area (Å²) >= 11 is 0. The molecule has 1 saturated carbocycles. The van der Waals surface area contributed by atoms with Crippen molar-refractivity contribution in [3.8, 4) is 0 Å². The van der Waals surface area contributed by atoms with Gasteiger partial charge < -0.3 is 4.90 Å². The molecular formula is C13H23NO. The van der Waals surface area contributed by atoms with E-state index in [1.165, 1.54) is 19.3 Å². The van der Waals surface area contributed by atoms with Gasteiger partial charge in [-0.25, -0.2) is 0 Å². The van der Waals surface area contributed by atoms with E-state index >= 15 is 0 Å². The number of piperidine rings is 1. The third-order valence-electron chi connectivity index (χ3n) is 3.64. The number of carbonyl (C=O) groups excluding carboxylic acids is 1. The molecule has 1 heterocycles. The van der Waals surface area contributed by atoms with Gasteiger partial charge in [0.1, 0.15) is 0 Å². The summed E-state index contributed by atoms with van der Waals surface area (Å²) in [5.74, 6) is 2.00. The van der Waals surface area contributed by atoms with Crippen molar-refractivity contribution in [2.24, 2.45) is 17.3 Å². The molecule has 2 fully saturated rings. The monoisotopic (exact) mass is 209 g/mol. The molecule has 2 rings (SSSR count). The quantitative estimate of drug-likeness (QED) is 0.650. The fraction of sp³-hybridized carbons (Fsp3) is 0.923. The van der Waals surface area contributed by atoms with E-state index in [1.807, 2.05) is 0 Å². The molecule has 0 N–H and O–H groups in total. The van der Waals surface area contributed by atoms with Crippen molar-refractivity contribution in [1.29, 1.82) is 0 Å². The molecular weight excluding hydrogens is 186 g/mol. The Balaban J connectivity index is 1.91. The molecule has 2 bridgehead atoms. The predicted molar refractivity (Wildman–Crippen MR) is 61.5 cm³/mol. The lowest BCUT2D eigenvalue weighted by molar-refractivity contribution is -0.135. The van der Waals surface area contributed by atoms with E-state index in [2.05, 4.69) is 25.7 Å². The van der Waals surface area contributed by atoms with E-state index in [0.29, 0.717) is 12.3 Å². The zero-order chi connectivity index (χ0) is 11.1. The normalized spacial score (nSPS) is 30.7. The number of carbonyl (C=O) groups is 1. The lowest BCUT2D eigenvalue weighted by Crippen LogP contribution is -2.42. The fourth-order valence-corrected chi connectivity index (χ4v) is 2.98. The molecule has 1 aliphatic carbocycles. The van der Waals surface area contributed by atoms with Gasteiger partial charge in [-0.3, -0.25) is 4.79 Å². The Morgan fingerprint density at radius 1 is 1.20 bits per heavy atom. The first-order valence-corrected chi connectivity index (χ1v) is 6.22. The van der Waals surface area contributed by atoms with Gasteiger partial charge in [0.15, 0.2) is 0 Å². The Morgan fingerprint density at radius 2 is 1.73 bits per heavy atom. The highest BCUT2D eigenvalue weighted by molar-refractivity contribution is 5.77. The molecule has 0 radical (unpaired) electrons. The minimum atomic E-state index is 0.133. The van der Waals surface area contributed by atoms with Gasteiger partial charge in [-0.2, -0.15) is 0 Å². The zero-order valence-electron chi connectivity index (χ0n) is 10.3. The maximum absolute atomic E-state index is 12.1. The van der Waals surface area contributed by atoms with Gasteiger partial charge in [-0.05, 0) is 36.5 Å². The van der Waals surface area contributed by atoms with Crippen LogP contribution in [-0.4, -0.2) is 23.9 Å². The van der Waals surface area contributed by atoms with E-state index in [4.69, 9.17) is 0 Å². The summed E-state index contributed by atoms with van der Waals surface area (Å²) in [4.78, 5) is 14.2. The highest BCUT2D eigenvalue weighted by atomic mass is 16.2. The summed E-state index contributed by atoms with van der Waals surface area (Å²) in [5.41, 5.74) is 0.133. The lowest BCUT2D eigenvalue weighted by atomic mass is 9.90. The van der Waals surface area contributed by atoms with Crippen molar-refractivity contribution in [2.75, 3.05) is 13.1 Å². The molecule has 1 aliphatic heterocycles. The van der Waals surface area contributed by atoms with Crippen LogP contribution in [0.25, 0.3) is 0 Å². The molecule has 2 heteroatoms. The van der Waals surface area contributed by atoms with Gasteiger partial charge >= 0.3 is 0 Å². The number of rotatable bonds is 1. The van der Waals surface area contributed by atoms with Crippen LogP contribution in [0.15, 0.2) is 0 Å². The van der Waals surface area contributed by atoms with Crippen LogP contribution in [0.4, 0.5) is 0 Å². The molecule has 0 aromatic rings. The van der Waals surface area contributed by atoms with Crippen LogP contribution in [0.2, 0.25) is 0 Å². The van der Waals surface area contributed by atoms with Crippen LogP contribution in [0.5, 0.6) is 0 Å². The van der Waals surface area contributed by atoms with E-state index in [-0.39, 0.29) is 5.41 Å². The summed E-state index contributed by atoms with van der Waals surface area (Å²) in [6.45, 7) is 8.49. The molecule has 86 valence electrons.